The van der Waals surface area contributed by atoms with Crippen LogP contribution in [0.4, 0.5) is 0 Å². The molecule has 0 heterocycles. The predicted octanol–water partition coefficient (Wildman–Crippen LogP) is 3.51. The first-order valence-corrected chi connectivity index (χ1v) is 8.43. The SMILES string of the molecule is CCCCNC(=O)c1ccc(CNCc2ccc(OC)cc2)cc1. The molecule has 0 radical (unpaired) electrons. The molecule has 4 nitrogen and oxygen atoms in total. The zero-order valence-corrected chi connectivity index (χ0v) is 14.5. The minimum Gasteiger partial charge on any atom is -0.497 e. The van der Waals surface area contributed by atoms with Crippen molar-refractivity contribution in [3.63, 3.8) is 0 Å². The van der Waals surface area contributed by atoms with E-state index in [-0.39, 0.29) is 5.91 Å². The lowest BCUT2D eigenvalue weighted by molar-refractivity contribution is 0.0953. The molecular weight excluding hydrogens is 300 g/mol. The highest BCUT2D eigenvalue weighted by Gasteiger charge is 2.04. The van der Waals surface area contributed by atoms with Crippen LogP contribution < -0.4 is 15.4 Å². The van der Waals surface area contributed by atoms with E-state index in [9.17, 15) is 4.79 Å². The van der Waals surface area contributed by atoms with Crippen molar-refractivity contribution in [2.24, 2.45) is 0 Å². The number of carbonyl (C=O) groups excluding carboxylic acids is 1. The molecule has 0 aromatic heterocycles. The molecule has 128 valence electrons. The molecule has 0 bridgehead atoms. The second-order valence-corrected chi connectivity index (χ2v) is 5.76. The van der Waals surface area contributed by atoms with Crippen LogP contribution in [0.2, 0.25) is 0 Å². The first kappa shape index (κ1) is 18.0. The smallest absolute Gasteiger partial charge is 0.251 e. The number of nitrogens with one attached hydrogen (secondary N) is 2. The van der Waals surface area contributed by atoms with E-state index < -0.39 is 0 Å². The second-order valence-electron chi connectivity index (χ2n) is 5.76. The van der Waals surface area contributed by atoms with Gasteiger partial charge in [0.15, 0.2) is 0 Å². The second kappa shape index (κ2) is 9.73. The van der Waals surface area contributed by atoms with Crippen LogP contribution in [0.15, 0.2) is 48.5 Å². The fourth-order valence-electron chi connectivity index (χ4n) is 2.35. The molecule has 4 heteroatoms. The average Bonchev–Trinajstić information content (AvgIpc) is 2.63. The van der Waals surface area contributed by atoms with Crippen LogP contribution in [0.5, 0.6) is 5.75 Å². The summed E-state index contributed by atoms with van der Waals surface area (Å²) < 4.78 is 5.15. The molecule has 2 aromatic carbocycles. The molecular formula is C20H26N2O2. The van der Waals surface area contributed by atoms with E-state index in [2.05, 4.69) is 29.7 Å². The monoisotopic (exact) mass is 326 g/mol. The van der Waals surface area contributed by atoms with Crippen molar-refractivity contribution in [3.05, 3.63) is 65.2 Å². The first-order valence-electron chi connectivity index (χ1n) is 8.43. The minimum atomic E-state index is 0.00110. The fraction of sp³-hybridized carbons (Fsp3) is 0.350. The van der Waals surface area contributed by atoms with Crippen molar-refractivity contribution in [1.29, 1.82) is 0 Å². The molecule has 0 spiro atoms. The third-order valence-corrected chi connectivity index (χ3v) is 3.85. The molecule has 0 saturated carbocycles. The summed E-state index contributed by atoms with van der Waals surface area (Å²) in [5, 5.41) is 6.33. The number of rotatable bonds is 9. The number of hydrogen-bond acceptors (Lipinski definition) is 3. The van der Waals surface area contributed by atoms with Crippen LogP contribution in [0, 0.1) is 0 Å². The van der Waals surface area contributed by atoms with Gasteiger partial charge in [0.1, 0.15) is 5.75 Å². The van der Waals surface area contributed by atoms with Crippen molar-refractivity contribution in [3.8, 4) is 5.75 Å². The molecule has 2 aromatic rings. The molecule has 2 rings (SSSR count). The maximum absolute atomic E-state index is 11.9. The Morgan fingerprint density at radius 3 is 2.08 bits per heavy atom. The number of unbranched alkanes of at least 4 members (excludes halogenated alkanes) is 1. The summed E-state index contributed by atoms with van der Waals surface area (Å²) in [5.74, 6) is 0.868. The molecule has 0 unspecified atom stereocenters. The number of hydrogen-bond donors (Lipinski definition) is 2. The molecule has 2 N–H and O–H groups in total. The zero-order chi connectivity index (χ0) is 17.2. The Hall–Kier alpha value is -2.33. The summed E-state index contributed by atoms with van der Waals surface area (Å²) in [6.07, 6.45) is 2.10. The molecule has 0 aliphatic rings. The molecule has 0 saturated heterocycles. The van der Waals surface area contributed by atoms with Gasteiger partial charge in [-0.05, 0) is 41.8 Å². The third kappa shape index (κ3) is 5.70. The van der Waals surface area contributed by atoms with Crippen LogP contribution in [0.3, 0.4) is 0 Å². The van der Waals surface area contributed by atoms with Gasteiger partial charge >= 0.3 is 0 Å². The van der Waals surface area contributed by atoms with Crippen LogP contribution in [-0.4, -0.2) is 19.6 Å². The van der Waals surface area contributed by atoms with Crippen molar-refractivity contribution in [1.82, 2.24) is 10.6 Å². The highest BCUT2D eigenvalue weighted by molar-refractivity contribution is 5.94. The summed E-state index contributed by atoms with van der Waals surface area (Å²) in [6, 6.07) is 15.8. The van der Waals surface area contributed by atoms with Gasteiger partial charge in [0.2, 0.25) is 0 Å². The van der Waals surface area contributed by atoms with Crippen LogP contribution in [0.25, 0.3) is 0 Å². The van der Waals surface area contributed by atoms with Gasteiger partial charge in [-0.2, -0.15) is 0 Å². The number of methoxy groups -OCH3 is 1. The normalized spacial score (nSPS) is 10.4. The van der Waals surface area contributed by atoms with Gasteiger partial charge < -0.3 is 15.4 Å². The molecule has 24 heavy (non-hydrogen) atoms. The van der Waals surface area contributed by atoms with E-state index in [1.54, 1.807) is 7.11 Å². The standard InChI is InChI=1S/C20H26N2O2/c1-3-4-13-22-20(23)18-9-5-16(6-10-18)14-21-15-17-7-11-19(24-2)12-8-17/h5-12,21H,3-4,13-15H2,1-2H3,(H,22,23). The highest BCUT2D eigenvalue weighted by Crippen LogP contribution is 2.11. The van der Waals surface area contributed by atoms with E-state index in [0.717, 1.165) is 43.8 Å². The minimum absolute atomic E-state index is 0.00110. The molecule has 0 aliphatic heterocycles. The Bertz CT molecular complexity index is 621. The Kier molecular flexibility index (Phi) is 7.30. The third-order valence-electron chi connectivity index (χ3n) is 3.85. The summed E-state index contributed by atoms with van der Waals surface area (Å²) >= 11 is 0. The zero-order valence-electron chi connectivity index (χ0n) is 14.5. The van der Waals surface area contributed by atoms with Crippen molar-refractivity contribution in [2.45, 2.75) is 32.9 Å². The van der Waals surface area contributed by atoms with Gasteiger partial charge in [-0.1, -0.05) is 37.6 Å². The Labute approximate surface area is 144 Å². The quantitative estimate of drug-likeness (QED) is 0.693. The largest absolute Gasteiger partial charge is 0.497 e. The van der Waals surface area contributed by atoms with E-state index in [1.165, 1.54) is 5.56 Å². The molecule has 1 amide bonds. The molecule has 0 atom stereocenters. The summed E-state index contributed by atoms with van der Waals surface area (Å²) in [5.41, 5.74) is 3.08. The lowest BCUT2D eigenvalue weighted by Crippen LogP contribution is -2.24. The summed E-state index contributed by atoms with van der Waals surface area (Å²) in [4.78, 5) is 11.9. The van der Waals surface area contributed by atoms with E-state index >= 15 is 0 Å². The maximum atomic E-state index is 11.9. The van der Waals surface area contributed by atoms with Crippen molar-refractivity contribution < 1.29 is 9.53 Å². The lowest BCUT2D eigenvalue weighted by atomic mass is 10.1. The van der Waals surface area contributed by atoms with E-state index in [1.807, 2.05) is 36.4 Å². The highest BCUT2D eigenvalue weighted by atomic mass is 16.5. The number of benzene rings is 2. The molecule has 0 aliphatic carbocycles. The van der Waals surface area contributed by atoms with Gasteiger partial charge in [-0.3, -0.25) is 4.79 Å². The van der Waals surface area contributed by atoms with Crippen LogP contribution in [-0.2, 0) is 13.1 Å². The van der Waals surface area contributed by atoms with Gasteiger partial charge in [0, 0.05) is 25.2 Å². The van der Waals surface area contributed by atoms with E-state index in [0.29, 0.717) is 5.56 Å². The Morgan fingerprint density at radius 2 is 1.54 bits per heavy atom. The number of carbonyl (C=O) groups is 1. The van der Waals surface area contributed by atoms with Gasteiger partial charge in [-0.15, -0.1) is 0 Å². The number of amides is 1. The Morgan fingerprint density at radius 1 is 0.958 bits per heavy atom. The average molecular weight is 326 g/mol. The van der Waals surface area contributed by atoms with Gasteiger partial charge in [0.25, 0.3) is 5.91 Å². The predicted molar refractivity (Wildman–Crippen MR) is 97.2 cm³/mol. The van der Waals surface area contributed by atoms with Crippen molar-refractivity contribution in [2.75, 3.05) is 13.7 Å². The first-order chi connectivity index (χ1) is 11.7. The fourth-order valence-corrected chi connectivity index (χ4v) is 2.35. The topological polar surface area (TPSA) is 50.4 Å². The maximum Gasteiger partial charge on any atom is 0.251 e. The van der Waals surface area contributed by atoms with Gasteiger partial charge in [0.05, 0.1) is 7.11 Å². The van der Waals surface area contributed by atoms with Crippen molar-refractivity contribution >= 4 is 5.91 Å². The van der Waals surface area contributed by atoms with Crippen LogP contribution >= 0.6 is 0 Å². The lowest BCUT2D eigenvalue weighted by Gasteiger charge is -2.08. The number of ether oxygens (including phenoxy) is 1. The van der Waals surface area contributed by atoms with E-state index in [4.69, 9.17) is 4.74 Å². The van der Waals surface area contributed by atoms with Crippen LogP contribution in [0.1, 0.15) is 41.3 Å². The van der Waals surface area contributed by atoms with Gasteiger partial charge in [-0.25, -0.2) is 0 Å². The summed E-state index contributed by atoms with van der Waals surface area (Å²) in [6.45, 7) is 4.41. The summed E-state index contributed by atoms with van der Waals surface area (Å²) in [7, 11) is 1.67. The molecule has 0 fully saturated rings. The Balaban J connectivity index is 1.77.